The zero-order valence-electron chi connectivity index (χ0n) is 16.4. The van der Waals surface area contributed by atoms with E-state index in [0.29, 0.717) is 6.42 Å². The normalized spacial score (nSPS) is 11.4. The number of hydrogen-bond acceptors (Lipinski definition) is 4. The van der Waals surface area contributed by atoms with Gasteiger partial charge in [-0.3, -0.25) is 14.8 Å². The Morgan fingerprint density at radius 1 is 1.24 bits per heavy atom. The highest BCUT2D eigenvalue weighted by atomic mass is 16.2. The van der Waals surface area contributed by atoms with E-state index in [1.807, 2.05) is 30.3 Å². The van der Waals surface area contributed by atoms with Gasteiger partial charge in [0.25, 0.3) is 0 Å². The van der Waals surface area contributed by atoms with E-state index in [2.05, 4.69) is 42.0 Å². The molecule has 1 rings (SSSR count). The smallest absolute Gasteiger partial charge is 0.222 e. The van der Waals surface area contributed by atoms with Crippen LogP contribution in [0.3, 0.4) is 0 Å². The lowest BCUT2D eigenvalue weighted by molar-refractivity contribution is -0.131. The SMILES string of the molecule is CCCN=Cc1ccnc(CCCC(=O)N(CC)CCCN(C)C)c1. The number of aromatic nitrogens is 1. The van der Waals surface area contributed by atoms with Crippen LogP contribution in [-0.4, -0.2) is 67.2 Å². The Morgan fingerprint density at radius 2 is 2.04 bits per heavy atom. The van der Waals surface area contributed by atoms with Gasteiger partial charge >= 0.3 is 0 Å². The molecule has 1 aromatic heterocycles. The summed E-state index contributed by atoms with van der Waals surface area (Å²) < 4.78 is 0. The summed E-state index contributed by atoms with van der Waals surface area (Å²) in [6, 6.07) is 4.04. The summed E-state index contributed by atoms with van der Waals surface area (Å²) in [6.45, 7) is 7.66. The quantitative estimate of drug-likeness (QED) is 0.547. The van der Waals surface area contributed by atoms with Crippen molar-refractivity contribution >= 4 is 12.1 Å². The van der Waals surface area contributed by atoms with E-state index in [1.54, 1.807) is 0 Å². The van der Waals surface area contributed by atoms with E-state index in [4.69, 9.17) is 0 Å². The molecule has 0 saturated heterocycles. The van der Waals surface area contributed by atoms with Crippen molar-refractivity contribution in [3.8, 4) is 0 Å². The second-order valence-corrected chi connectivity index (χ2v) is 6.60. The lowest BCUT2D eigenvalue weighted by atomic mass is 10.1. The van der Waals surface area contributed by atoms with E-state index < -0.39 is 0 Å². The maximum Gasteiger partial charge on any atom is 0.222 e. The molecule has 0 saturated carbocycles. The highest BCUT2D eigenvalue weighted by molar-refractivity contribution is 5.79. The number of aryl methyl sites for hydroxylation is 1. The minimum absolute atomic E-state index is 0.252. The molecule has 1 heterocycles. The Hall–Kier alpha value is -1.75. The van der Waals surface area contributed by atoms with Crippen LogP contribution in [0.5, 0.6) is 0 Å². The number of pyridine rings is 1. The first-order valence-electron chi connectivity index (χ1n) is 9.44. The fraction of sp³-hybridized carbons (Fsp3) is 0.650. The minimum Gasteiger partial charge on any atom is -0.343 e. The van der Waals surface area contributed by atoms with E-state index >= 15 is 0 Å². The number of nitrogens with zero attached hydrogens (tertiary/aromatic N) is 4. The van der Waals surface area contributed by atoms with Crippen molar-refractivity contribution in [3.05, 3.63) is 29.6 Å². The summed E-state index contributed by atoms with van der Waals surface area (Å²) in [5.74, 6) is 0.252. The average Bonchev–Trinajstić information content (AvgIpc) is 2.59. The number of rotatable bonds is 12. The van der Waals surface area contributed by atoms with Crippen LogP contribution in [0.25, 0.3) is 0 Å². The third-order valence-electron chi connectivity index (χ3n) is 4.03. The predicted octanol–water partition coefficient (Wildman–Crippen LogP) is 3.03. The monoisotopic (exact) mass is 346 g/mol. The molecular formula is C20H34N4O. The van der Waals surface area contributed by atoms with Crippen molar-refractivity contribution < 1.29 is 4.79 Å². The molecule has 0 spiro atoms. The zero-order valence-corrected chi connectivity index (χ0v) is 16.4. The molecule has 0 aliphatic heterocycles. The molecule has 25 heavy (non-hydrogen) atoms. The second kappa shape index (κ2) is 12.6. The van der Waals surface area contributed by atoms with Crippen molar-refractivity contribution in [1.82, 2.24) is 14.8 Å². The maximum absolute atomic E-state index is 12.4. The van der Waals surface area contributed by atoms with Crippen LogP contribution in [0.4, 0.5) is 0 Å². The van der Waals surface area contributed by atoms with E-state index in [-0.39, 0.29) is 5.91 Å². The summed E-state index contributed by atoms with van der Waals surface area (Å²) in [7, 11) is 4.12. The number of hydrogen-bond donors (Lipinski definition) is 0. The van der Waals surface area contributed by atoms with Crippen LogP contribution in [0.15, 0.2) is 23.3 Å². The van der Waals surface area contributed by atoms with Crippen LogP contribution >= 0.6 is 0 Å². The Labute approximate surface area is 153 Å². The van der Waals surface area contributed by atoms with Crippen LogP contribution in [0, 0.1) is 0 Å². The van der Waals surface area contributed by atoms with Crippen molar-refractivity contribution in [1.29, 1.82) is 0 Å². The summed E-state index contributed by atoms with van der Waals surface area (Å²) in [5.41, 5.74) is 2.12. The van der Waals surface area contributed by atoms with Gasteiger partial charge in [-0.05, 0) is 70.9 Å². The van der Waals surface area contributed by atoms with Gasteiger partial charge in [0.2, 0.25) is 5.91 Å². The molecule has 0 bridgehead atoms. The number of carbonyl (C=O) groups is 1. The standard InChI is InChI=1S/C20H34N4O/c1-5-12-21-17-18-11-13-22-19(16-18)9-7-10-20(25)24(6-2)15-8-14-23(3)4/h11,13,16-17H,5-10,12,14-15H2,1-4H3. The number of carbonyl (C=O) groups excluding carboxylic acids is 1. The van der Waals surface area contributed by atoms with E-state index in [1.165, 1.54) is 0 Å². The average molecular weight is 347 g/mol. The van der Waals surface area contributed by atoms with Crippen molar-refractivity contribution in [2.24, 2.45) is 4.99 Å². The van der Waals surface area contributed by atoms with Crippen molar-refractivity contribution in [2.45, 2.75) is 46.0 Å². The molecule has 0 unspecified atom stereocenters. The summed E-state index contributed by atoms with van der Waals surface area (Å²) >= 11 is 0. The van der Waals surface area contributed by atoms with Crippen LogP contribution in [0.2, 0.25) is 0 Å². The fourth-order valence-corrected chi connectivity index (χ4v) is 2.63. The first-order valence-corrected chi connectivity index (χ1v) is 9.44. The summed E-state index contributed by atoms with van der Waals surface area (Å²) in [6.07, 6.45) is 8.06. The van der Waals surface area contributed by atoms with Crippen LogP contribution in [-0.2, 0) is 11.2 Å². The minimum atomic E-state index is 0.252. The topological polar surface area (TPSA) is 48.8 Å². The number of aliphatic imine (C=N–C) groups is 1. The molecule has 0 aliphatic rings. The predicted molar refractivity (Wildman–Crippen MR) is 105 cm³/mol. The molecule has 0 atom stereocenters. The van der Waals surface area contributed by atoms with Gasteiger partial charge in [0.1, 0.15) is 0 Å². The van der Waals surface area contributed by atoms with Gasteiger partial charge in [0, 0.05) is 44.2 Å². The lowest BCUT2D eigenvalue weighted by Crippen LogP contribution is -2.33. The molecule has 0 fully saturated rings. The van der Waals surface area contributed by atoms with Gasteiger partial charge in [-0.15, -0.1) is 0 Å². The molecule has 5 nitrogen and oxygen atoms in total. The first-order chi connectivity index (χ1) is 12.1. The van der Waals surface area contributed by atoms with Gasteiger partial charge in [0.05, 0.1) is 0 Å². The summed E-state index contributed by atoms with van der Waals surface area (Å²) in [5, 5.41) is 0. The second-order valence-electron chi connectivity index (χ2n) is 6.60. The molecular weight excluding hydrogens is 312 g/mol. The van der Waals surface area contributed by atoms with Crippen LogP contribution < -0.4 is 0 Å². The third kappa shape index (κ3) is 9.34. The Balaban J connectivity index is 2.39. The van der Waals surface area contributed by atoms with Gasteiger partial charge < -0.3 is 9.80 Å². The third-order valence-corrected chi connectivity index (χ3v) is 4.03. The van der Waals surface area contributed by atoms with E-state index in [0.717, 1.165) is 63.1 Å². The largest absolute Gasteiger partial charge is 0.343 e. The maximum atomic E-state index is 12.4. The molecule has 1 aromatic rings. The van der Waals surface area contributed by atoms with E-state index in [9.17, 15) is 4.79 Å². The van der Waals surface area contributed by atoms with Gasteiger partial charge in [0.15, 0.2) is 0 Å². The van der Waals surface area contributed by atoms with Gasteiger partial charge in [-0.25, -0.2) is 0 Å². The highest BCUT2D eigenvalue weighted by Crippen LogP contribution is 2.07. The molecule has 0 aliphatic carbocycles. The lowest BCUT2D eigenvalue weighted by Gasteiger charge is -2.22. The first kappa shape index (κ1) is 21.3. The Kier molecular flexibility index (Phi) is 10.7. The summed E-state index contributed by atoms with van der Waals surface area (Å²) in [4.78, 5) is 25.2. The zero-order chi connectivity index (χ0) is 18.5. The molecule has 5 heteroatoms. The molecule has 1 amide bonds. The fourth-order valence-electron chi connectivity index (χ4n) is 2.63. The molecule has 0 aromatic carbocycles. The Morgan fingerprint density at radius 3 is 2.72 bits per heavy atom. The Bertz CT molecular complexity index is 528. The van der Waals surface area contributed by atoms with Crippen LogP contribution in [0.1, 0.15) is 50.8 Å². The molecule has 0 radical (unpaired) electrons. The van der Waals surface area contributed by atoms with Gasteiger partial charge in [-0.2, -0.15) is 0 Å². The molecule has 0 N–H and O–H groups in total. The number of amides is 1. The van der Waals surface area contributed by atoms with Crippen molar-refractivity contribution in [3.63, 3.8) is 0 Å². The molecule has 140 valence electrons. The van der Waals surface area contributed by atoms with Gasteiger partial charge in [-0.1, -0.05) is 6.92 Å². The highest BCUT2D eigenvalue weighted by Gasteiger charge is 2.11. The van der Waals surface area contributed by atoms with Crippen molar-refractivity contribution in [2.75, 3.05) is 40.3 Å².